The van der Waals surface area contributed by atoms with Crippen molar-refractivity contribution >= 4 is 40.8 Å². The molecule has 0 bridgehead atoms. The van der Waals surface area contributed by atoms with Crippen molar-refractivity contribution < 1.29 is 14.6 Å². The molecular weight excluding hydrogens is 507 g/mol. The van der Waals surface area contributed by atoms with Gasteiger partial charge in [0.25, 0.3) is 0 Å². The molecule has 0 aliphatic heterocycles. The highest BCUT2D eigenvalue weighted by molar-refractivity contribution is 14.0. The third kappa shape index (κ3) is 7.17. The zero-order valence-corrected chi connectivity index (χ0v) is 21.3. The highest BCUT2D eigenvalue weighted by Gasteiger charge is 2.28. The molecule has 1 aliphatic carbocycles. The van der Waals surface area contributed by atoms with E-state index in [1.165, 1.54) is 6.42 Å². The van der Waals surface area contributed by atoms with Gasteiger partial charge < -0.3 is 30.2 Å². The molecule has 2 aromatic rings. The molecule has 1 fully saturated rings. The van der Waals surface area contributed by atoms with Gasteiger partial charge >= 0.3 is 0 Å². The fourth-order valence-corrected chi connectivity index (χ4v) is 4.08. The lowest BCUT2D eigenvalue weighted by molar-refractivity contribution is 0.0131. The van der Waals surface area contributed by atoms with Crippen LogP contribution >= 0.6 is 24.0 Å². The number of benzene rings is 1. The maximum absolute atomic E-state index is 10.7. The Labute approximate surface area is 202 Å². The highest BCUT2D eigenvalue weighted by Crippen LogP contribution is 2.32. The van der Waals surface area contributed by atoms with Crippen LogP contribution in [-0.2, 0) is 6.42 Å². The molecule has 0 unspecified atom stereocenters. The van der Waals surface area contributed by atoms with Crippen LogP contribution in [0.5, 0.6) is 11.5 Å². The number of methoxy groups -OCH3 is 2. The lowest BCUT2D eigenvalue weighted by atomic mass is 9.85. The minimum absolute atomic E-state index is 0. The number of halogens is 1. The van der Waals surface area contributed by atoms with E-state index in [1.54, 1.807) is 14.2 Å². The van der Waals surface area contributed by atoms with E-state index in [0.29, 0.717) is 6.54 Å². The first-order valence-electron chi connectivity index (χ1n) is 11.0. The molecule has 0 radical (unpaired) electrons. The Balaban J connectivity index is 0.00000341. The summed E-state index contributed by atoms with van der Waals surface area (Å²) in [7, 11) is 3.34. The lowest BCUT2D eigenvalue weighted by Gasteiger charge is -2.30. The fourth-order valence-electron chi connectivity index (χ4n) is 4.08. The molecule has 0 atom stereocenters. The summed E-state index contributed by atoms with van der Waals surface area (Å²) in [5.41, 5.74) is 1.55. The van der Waals surface area contributed by atoms with Crippen molar-refractivity contribution in [3.05, 3.63) is 23.9 Å². The molecule has 0 spiro atoms. The molecule has 0 saturated heterocycles. The normalized spacial score (nSPS) is 15.9. The number of guanidine groups is 1. The number of fused-ring (bicyclic) bond motifs is 1. The largest absolute Gasteiger partial charge is 0.497 e. The van der Waals surface area contributed by atoms with Gasteiger partial charge in [0.05, 0.1) is 31.9 Å². The molecule has 1 aromatic carbocycles. The van der Waals surface area contributed by atoms with E-state index in [2.05, 4.69) is 33.6 Å². The number of aryl methyl sites for hydroxylation is 1. The number of aliphatic imine (C=N–C) groups is 1. The number of nitrogens with one attached hydrogen (secondary N) is 3. The second-order valence-corrected chi connectivity index (χ2v) is 8.10. The van der Waals surface area contributed by atoms with Crippen LogP contribution in [0.15, 0.2) is 23.2 Å². The Morgan fingerprint density at radius 2 is 1.90 bits per heavy atom. The first kappa shape index (κ1) is 25.6. The van der Waals surface area contributed by atoms with Crippen LogP contribution in [0.25, 0.3) is 10.9 Å². The molecule has 0 amide bonds. The minimum Gasteiger partial charge on any atom is -0.497 e. The average Bonchev–Trinajstić information content (AvgIpc) is 3.17. The monoisotopic (exact) mass is 544 g/mol. The quantitative estimate of drug-likeness (QED) is 0.166. The average molecular weight is 544 g/mol. The summed E-state index contributed by atoms with van der Waals surface area (Å²) in [4.78, 5) is 8.10. The fraction of sp³-hybridized carbons (Fsp3) is 0.609. The number of aromatic amines is 1. The lowest BCUT2D eigenvalue weighted by Crippen LogP contribution is -2.41. The van der Waals surface area contributed by atoms with E-state index >= 15 is 0 Å². The molecule has 1 aromatic heterocycles. The van der Waals surface area contributed by atoms with E-state index in [9.17, 15) is 5.11 Å². The molecule has 174 valence electrons. The van der Waals surface area contributed by atoms with Gasteiger partial charge in [0, 0.05) is 36.3 Å². The van der Waals surface area contributed by atoms with Crippen molar-refractivity contribution in [2.75, 3.05) is 33.9 Å². The summed E-state index contributed by atoms with van der Waals surface area (Å²) in [6.45, 7) is 4.12. The van der Waals surface area contributed by atoms with E-state index in [4.69, 9.17) is 9.47 Å². The molecule has 1 heterocycles. The molecule has 31 heavy (non-hydrogen) atoms. The smallest absolute Gasteiger partial charge is 0.191 e. The van der Waals surface area contributed by atoms with Crippen molar-refractivity contribution in [1.82, 2.24) is 15.6 Å². The number of nitrogens with zero attached hydrogens (tertiary/aromatic N) is 1. The molecular formula is C23H37IN4O3. The van der Waals surface area contributed by atoms with E-state index in [-0.39, 0.29) is 24.0 Å². The number of rotatable bonds is 9. The van der Waals surface area contributed by atoms with E-state index < -0.39 is 5.60 Å². The van der Waals surface area contributed by atoms with Gasteiger partial charge in [-0.05, 0) is 38.7 Å². The van der Waals surface area contributed by atoms with E-state index in [1.807, 2.05) is 12.1 Å². The van der Waals surface area contributed by atoms with E-state index in [0.717, 1.165) is 85.7 Å². The Morgan fingerprint density at radius 3 is 2.58 bits per heavy atom. The maximum Gasteiger partial charge on any atom is 0.191 e. The van der Waals surface area contributed by atoms with Gasteiger partial charge in [-0.15, -0.1) is 24.0 Å². The van der Waals surface area contributed by atoms with Gasteiger partial charge in [0.1, 0.15) is 11.5 Å². The summed E-state index contributed by atoms with van der Waals surface area (Å²) in [5, 5.41) is 18.4. The Kier molecular flexibility index (Phi) is 10.2. The SMILES string of the molecule is CCNC(=NCC1(O)CCCCC1)NCCCc1cc2c(OC)cc(OC)cc2[nH]1.I. The maximum atomic E-state index is 10.7. The molecule has 3 rings (SSSR count). The standard InChI is InChI=1S/C23H36N4O3.HI/c1-4-24-22(26-16-23(28)10-6-5-7-11-23)25-12-8-9-17-13-19-20(27-17)14-18(29-2)15-21(19)30-3;/h13-15,27-28H,4-12,16H2,1-3H3,(H2,24,25,26);1H. The molecule has 1 aliphatic rings. The number of ether oxygens (including phenoxy) is 2. The molecule has 4 N–H and O–H groups in total. The number of aromatic nitrogens is 1. The van der Waals surface area contributed by atoms with Crippen LogP contribution in [0.3, 0.4) is 0 Å². The van der Waals surface area contributed by atoms with Gasteiger partial charge in [0.15, 0.2) is 5.96 Å². The predicted octanol–water partition coefficient (Wildman–Crippen LogP) is 3.99. The predicted molar refractivity (Wildman–Crippen MR) is 137 cm³/mol. The van der Waals surface area contributed by atoms with Gasteiger partial charge in [-0.2, -0.15) is 0 Å². The zero-order chi connectivity index (χ0) is 21.4. The Bertz CT molecular complexity index is 847. The second-order valence-electron chi connectivity index (χ2n) is 8.10. The van der Waals surface area contributed by atoms with Crippen LogP contribution in [0.1, 0.15) is 51.1 Å². The summed E-state index contributed by atoms with van der Waals surface area (Å²) < 4.78 is 10.8. The van der Waals surface area contributed by atoms with Crippen LogP contribution in [0.4, 0.5) is 0 Å². The third-order valence-corrected chi connectivity index (χ3v) is 5.76. The van der Waals surface area contributed by atoms with Gasteiger partial charge in [0.2, 0.25) is 0 Å². The van der Waals surface area contributed by atoms with Crippen molar-refractivity contribution in [3.8, 4) is 11.5 Å². The van der Waals surface area contributed by atoms with Crippen LogP contribution in [-0.4, -0.2) is 55.5 Å². The minimum atomic E-state index is -0.634. The van der Waals surface area contributed by atoms with Crippen LogP contribution in [0, 0.1) is 0 Å². The Morgan fingerprint density at radius 1 is 1.13 bits per heavy atom. The topological polar surface area (TPSA) is 90.9 Å². The molecule has 8 heteroatoms. The number of hydrogen-bond donors (Lipinski definition) is 4. The van der Waals surface area contributed by atoms with Gasteiger partial charge in [-0.3, -0.25) is 4.99 Å². The van der Waals surface area contributed by atoms with Crippen LogP contribution < -0.4 is 20.1 Å². The Hall–Kier alpha value is -1.68. The molecule has 1 saturated carbocycles. The van der Waals surface area contributed by atoms with Crippen molar-refractivity contribution in [1.29, 1.82) is 0 Å². The summed E-state index contributed by atoms with van der Waals surface area (Å²) in [6, 6.07) is 6.04. The summed E-state index contributed by atoms with van der Waals surface area (Å²) >= 11 is 0. The first-order chi connectivity index (χ1) is 14.6. The number of aliphatic hydroxyl groups is 1. The highest BCUT2D eigenvalue weighted by atomic mass is 127. The van der Waals surface area contributed by atoms with Crippen LogP contribution in [0.2, 0.25) is 0 Å². The zero-order valence-electron chi connectivity index (χ0n) is 18.9. The van der Waals surface area contributed by atoms with Crippen molar-refractivity contribution in [2.24, 2.45) is 4.99 Å². The first-order valence-corrected chi connectivity index (χ1v) is 11.0. The molecule has 7 nitrogen and oxygen atoms in total. The number of hydrogen-bond acceptors (Lipinski definition) is 4. The third-order valence-electron chi connectivity index (χ3n) is 5.76. The summed E-state index contributed by atoms with van der Waals surface area (Å²) in [5.74, 6) is 2.37. The van der Waals surface area contributed by atoms with Gasteiger partial charge in [-0.1, -0.05) is 19.3 Å². The summed E-state index contributed by atoms with van der Waals surface area (Å²) in [6.07, 6.45) is 6.98. The van der Waals surface area contributed by atoms with Crippen molar-refractivity contribution in [2.45, 2.75) is 57.5 Å². The number of H-pyrrole nitrogens is 1. The van der Waals surface area contributed by atoms with Gasteiger partial charge in [-0.25, -0.2) is 0 Å². The second kappa shape index (κ2) is 12.4. The van der Waals surface area contributed by atoms with Crippen molar-refractivity contribution in [3.63, 3.8) is 0 Å².